The lowest BCUT2D eigenvalue weighted by Gasteiger charge is -2.20. The van der Waals surface area contributed by atoms with Crippen LogP contribution in [-0.2, 0) is 6.42 Å². The lowest BCUT2D eigenvalue weighted by Crippen LogP contribution is -2.14. The van der Waals surface area contributed by atoms with Crippen molar-refractivity contribution in [2.24, 2.45) is 11.7 Å². The molecule has 116 valence electrons. The summed E-state index contributed by atoms with van der Waals surface area (Å²) in [7, 11) is 0. The van der Waals surface area contributed by atoms with Crippen LogP contribution in [0.25, 0.3) is 0 Å². The zero-order valence-corrected chi connectivity index (χ0v) is 13.1. The van der Waals surface area contributed by atoms with Gasteiger partial charge in [0.25, 0.3) is 0 Å². The fourth-order valence-electron chi connectivity index (χ4n) is 3.16. The minimum Gasteiger partial charge on any atom is -0.493 e. The average molecular weight is 289 g/mol. The second-order valence-corrected chi connectivity index (χ2v) is 5.94. The fourth-order valence-corrected chi connectivity index (χ4v) is 3.16. The summed E-state index contributed by atoms with van der Waals surface area (Å²) in [4.78, 5) is 12.5. The zero-order chi connectivity index (χ0) is 15.1. The van der Waals surface area contributed by atoms with Gasteiger partial charge in [-0.15, -0.1) is 0 Å². The second-order valence-electron chi connectivity index (χ2n) is 5.94. The summed E-state index contributed by atoms with van der Waals surface area (Å²) < 4.78 is 5.74. The largest absolute Gasteiger partial charge is 0.493 e. The number of carbonyl (C=O) groups is 1. The van der Waals surface area contributed by atoms with Crippen LogP contribution in [-0.4, -0.2) is 18.9 Å². The molecule has 0 bridgehead atoms. The highest BCUT2D eigenvalue weighted by Crippen LogP contribution is 2.30. The predicted octanol–water partition coefficient (Wildman–Crippen LogP) is 3.74. The highest BCUT2D eigenvalue weighted by atomic mass is 16.5. The molecule has 1 aromatic carbocycles. The van der Waals surface area contributed by atoms with Crippen molar-refractivity contribution in [2.45, 2.75) is 51.9 Å². The average Bonchev–Trinajstić information content (AvgIpc) is 2.52. The van der Waals surface area contributed by atoms with Crippen molar-refractivity contribution in [2.75, 3.05) is 13.2 Å². The maximum absolute atomic E-state index is 12.5. The Morgan fingerprint density at radius 1 is 1.33 bits per heavy atom. The van der Waals surface area contributed by atoms with Gasteiger partial charge in [-0.25, -0.2) is 0 Å². The summed E-state index contributed by atoms with van der Waals surface area (Å²) in [5.41, 5.74) is 7.62. The third-order valence-corrected chi connectivity index (χ3v) is 4.29. The molecular weight excluding hydrogens is 262 g/mol. The number of Topliss-reactive ketones (excluding diaryl/α,β-unsaturated/α-hetero) is 1. The van der Waals surface area contributed by atoms with Gasteiger partial charge >= 0.3 is 0 Å². The molecule has 0 spiro atoms. The van der Waals surface area contributed by atoms with E-state index in [2.05, 4.69) is 13.0 Å². The first-order valence-corrected chi connectivity index (χ1v) is 8.24. The Hall–Kier alpha value is -1.35. The second kappa shape index (κ2) is 8.18. The summed E-state index contributed by atoms with van der Waals surface area (Å²) in [6, 6.07) is 5.95. The molecule has 0 aromatic heterocycles. The van der Waals surface area contributed by atoms with Crippen LogP contribution in [0.15, 0.2) is 18.2 Å². The SMILES string of the molecule is CCCC(CCN)CCC(=O)c1cccc2c1OCCC2. The van der Waals surface area contributed by atoms with Crippen molar-refractivity contribution in [3.8, 4) is 5.75 Å². The monoisotopic (exact) mass is 289 g/mol. The molecule has 1 unspecified atom stereocenters. The number of nitrogens with two attached hydrogens (primary N) is 1. The van der Waals surface area contributed by atoms with Crippen LogP contribution >= 0.6 is 0 Å². The van der Waals surface area contributed by atoms with Gasteiger partial charge in [-0.2, -0.15) is 0 Å². The summed E-state index contributed by atoms with van der Waals surface area (Å²) in [5, 5.41) is 0. The van der Waals surface area contributed by atoms with Crippen LogP contribution < -0.4 is 10.5 Å². The lowest BCUT2D eigenvalue weighted by atomic mass is 9.91. The Kier molecular flexibility index (Phi) is 6.24. The fraction of sp³-hybridized carbons (Fsp3) is 0.611. The van der Waals surface area contributed by atoms with Gasteiger partial charge < -0.3 is 10.5 Å². The summed E-state index contributed by atoms with van der Waals surface area (Å²) in [6.45, 7) is 3.62. The quantitative estimate of drug-likeness (QED) is 0.742. The molecule has 1 aliphatic rings. The molecular formula is C18H27NO2. The number of ketones is 1. The third-order valence-electron chi connectivity index (χ3n) is 4.29. The number of aryl methyl sites for hydroxylation is 1. The highest BCUT2D eigenvalue weighted by Gasteiger charge is 2.19. The Morgan fingerprint density at radius 3 is 2.95 bits per heavy atom. The van der Waals surface area contributed by atoms with E-state index in [4.69, 9.17) is 10.5 Å². The number of ether oxygens (including phenoxy) is 1. The standard InChI is InChI=1S/C18H27NO2/c1-2-5-14(11-12-19)9-10-17(20)16-8-3-6-15-7-4-13-21-18(15)16/h3,6,8,14H,2,4-5,7,9-13,19H2,1H3. The van der Waals surface area contributed by atoms with E-state index in [0.717, 1.165) is 56.4 Å². The van der Waals surface area contributed by atoms with Crippen molar-refractivity contribution in [3.05, 3.63) is 29.3 Å². The van der Waals surface area contributed by atoms with Crippen LogP contribution in [0.4, 0.5) is 0 Å². The molecule has 2 N–H and O–H groups in total. The van der Waals surface area contributed by atoms with Gasteiger partial charge in [0.1, 0.15) is 5.75 Å². The van der Waals surface area contributed by atoms with Gasteiger partial charge in [0.05, 0.1) is 12.2 Å². The van der Waals surface area contributed by atoms with E-state index in [1.807, 2.05) is 12.1 Å². The van der Waals surface area contributed by atoms with Crippen LogP contribution in [0.1, 0.15) is 61.4 Å². The van der Waals surface area contributed by atoms with E-state index in [1.54, 1.807) is 0 Å². The van der Waals surface area contributed by atoms with Gasteiger partial charge in [0, 0.05) is 6.42 Å². The number of hydrogen-bond donors (Lipinski definition) is 1. The Balaban J connectivity index is 2.00. The Morgan fingerprint density at radius 2 is 2.19 bits per heavy atom. The highest BCUT2D eigenvalue weighted by molar-refractivity contribution is 5.99. The smallest absolute Gasteiger partial charge is 0.166 e. The van der Waals surface area contributed by atoms with Crippen LogP contribution in [0, 0.1) is 5.92 Å². The van der Waals surface area contributed by atoms with E-state index in [-0.39, 0.29) is 5.78 Å². The Bertz CT molecular complexity index is 464. The van der Waals surface area contributed by atoms with E-state index >= 15 is 0 Å². The van der Waals surface area contributed by atoms with Gasteiger partial charge in [-0.05, 0) is 49.8 Å². The number of para-hydroxylation sites is 1. The maximum Gasteiger partial charge on any atom is 0.166 e. The van der Waals surface area contributed by atoms with Gasteiger partial charge in [-0.3, -0.25) is 4.79 Å². The molecule has 2 rings (SSSR count). The normalized spacial score (nSPS) is 15.1. The third kappa shape index (κ3) is 4.31. The van der Waals surface area contributed by atoms with Crippen molar-refractivity contribution in [1.29, 1.82) is 0 Å². The molecule has 0 saturated heterocycles. The summed E-state index contributed by atoms with van der Waals surface area (Å²) in [5.74, 6) is 1.62. The van der Waals surface area contributed by atoms with E-state index < -0.39 is 0 Å². The van der Waals surface area contributed by atoms with Crippen molar-refractivity contribution >= 4 is 5.78 Å². The predicted molar refractivity (Wildman–Crippen MR) is 85.9 cm³/mol. The van der Waals surface area contributed by atoms with Crippen LogP contribution in [0.2, 0.25) is 0 Å². The number of carbonyl (C=O) groups excluding carboxylic acids is 1. The van der Waals surface area contributed by atoms with Crippen molar-refractivity contribution in [1.82, 2.24) is 0 Å². The number of benzene rings is 1. The molecule has 21 heavy (non-hydrogen) atoms. The first-order chi connectivity index (χ1) is 10.3. The summed E-state index contributed by atoms with van der Waals surface area (Å²) in [6.07, 6.45) is 6.93. The molecule has 0 fully saturated rings. The molecule has 0 amide bonds. The Labute approximate surface area is 127 Å². The topological polar surface area (TPSA) is 52.3 Å². The van der Waals surface area contributed by atoms with E-state index in [1.165, 1.54) is 5.56 Å². The minimum absolute atomic E-state index is 0.215. The minimum atomic E-state index is 0.215. The zero-order valence-electron chi connectivity index (χ0n) is 13.1. The van der Waals surface area contributed by atoms with Gasteiger partial charge in [0.2, 0.25) is 0 Å². The first kappa shape index (κ1) is 16.0. The van der Waals surface area contributed by atoms with Crippen LogP contribution in [0.3, 0.4) is 0 Å². The molecule has 1 aliphatic heterocycles. The first-order valence-electron chi connectivity index (χ1n) is 8.24. The van der Waals surface area contributed by atoms with Gasteiger partial charge in [-0.1, -0.05) is 31.9 Å². The molecule has 0 radical (unpaired) electrons. The number of rotatable bonds is 8. The van der Waals surface area contributed by atoms with Crippen LogP contribution in [0.5, 0.6) is 5.75 Å². The van der Waals surface area contributed by atoms with Crippen molar-refractivity contribution in [3.63, 3.8) is 0 Å². The number of fused-ring (bicyclic) bond motifs is 1. The molecule has 1 heterocycles. The molecule has 0 saturated carbocycles. The summed E-state index contributed by atoms with van der Waals surface area (Å²) >= 11 is 0. The molecule has 0 aliphatic carbocycles. The maximum atomic E-state index is 12.5. The molecule has 1 atom stereocenters. The molecule has 3 nitrogen and oxygen atoms in total. The van der Waals surface area contributed by atoms with Crippen molar-refractivity contribution < 1.29 is 9.53 Å². The molecule has 3 heteroatoms. The van der Waals surface area contributed by atoms with E-state index in [9.17, 15) is 4.79 Å². The molecule has 1 aromatic rings. The lowest BCUT2D eigenvalue weighted by molar-refractivity contribution is 0.0967. The van der Waals surface area contributed by atoms with E-state index in [0.29, 0.717) is 18.9 Å². The van der Waals surface area contributed by atoms with Gasteiger partial charge in [0.15, 0.2) is 5.78 Å². The number of hydrogen-bond acceptors (Lipinski definition) is 3.